The molecule has 0 aromatic heterocycles. The van der Waals surface area contributed by atoms with Gasteiger partial charge in [-0.25, -0.2) is 0 Å². The summed E-state index contributed by atoms with van der Waals surface area (Å²) in [5.41, 5.74) is 1.35. The van der Waals surface area contributed by atoms with Crippen molar-refractivity contribution in [3.8, 4) is 11.5 Å². The Labute approximate surface area is 132 Å². The molecule has 0 saturated carbocycles. The molecule has 0 spiro atoms. The molecule has 1 amide bonds. The smallest absolute Gasteiger partial charge is 0.295 e. The van der Waals surface area contributed by atoms with Gasteiger partial charge in [0.05, 0.1) is 11.1 Å². The third-order valence-electron chi connectivity index (χ3n) is 3.55. The van der Waals surface area contributed by atoms with E-state index in [4.69, 9.17) is 0 Å². The van der Waals surface area contributed by atoms with Crippen molar-refractivity contribution in [2.24, 2.45) is 10.2 Å². The number of hydrogen-bond donors (Lipinski definition) is 2. The van der Waals surface area contributed by atoms with Gasteiger partial charge in [0.2, 0.25) is 0 Å². The van der Waals surface area contributed by atoms with Crippen LogP contribution in [0.15, 0.2) is 64.8 Å². The highest BCUT2D eigenvalue weighted by Crippen LogP contribution is 2.40. The lowest BCUT2D eigenvalue weighted by Gasteiger charge is -2.08. The highest BCUT2D eigenvalue weighted by atomic mass is 16.3. The van der Waals surface area contributed by atoms with Crippen LogP contribution in [0.2, 0.25) is 0 Å². The molecule has 0 unspecified atom stereocenters. The number of nitrogens with zero attached hydrogens (tertiary/aromatic N) is 2. The fraction of sp³-hybridized carbons (Fsp3) is 0.0556. The van der Waals surface area contributed by atoms with Crippen molar-refractivity contribution in [2.75, 3.05) is 0 Å². The number of benzene rings is 3. The van der Waals surface area contributed by atoms with E-state index in [2.05, 4.69) is 10.2 Å². The van der Waals surface area contributed by atoms with Crippen LogP contribution in [0.3, 0.4) is 0 Å². The Morgan fingerprint density at radius 1 is 1.00 bits per heavy atom. The summed E-state index contributed by atoms with van der Waals surface area (Å²) < 4.78 is 0. The van der Waals surface area contributed by atoms with E-state index < -0.39 is 5.91 Å². The van der Waals surface area contributed by atoms with E-state index in [0.717, 1.165) is 0 Å². The number of aromatic hydroxyl groups is 2. The molecular weight excluding hydrogens is 292 g/mol. The van der Waals surface area contributed by atoms with Crippen LogP contribution in [0.25, 0.3) is 10.8 Å². The zero-order valence-electron chi connectivity index (χ0n) is 12.4. The third-order valence-corrected chi connectivity index (χ3v) is 3.55. The molecule has 0 saturated heterocycles. The average Bonchev–Trinajstić information content (AvgIpc) is 2.57. The molecule has 114 valence electrons. The molecule has 0 radical (unpaired) electrons. The number of hydrogen-bond acceptors (Lipinski definition) is 4. The van der Waals surface area contributed by atoms with Gasteiger partial charge in [0, 0.05) is 10.9 Å². The van der Waals surface area contributed by atoms with Gasteiger partial charge in [-0.15, -0.1) is 10.2 Å². The minimum Gasteiger partial charge on any atom is -0.507 e. The largest absolute Gasteiger partial charge is 0.507 e. The predicted molar refractivity (Wildman–Crippen MR) is 87.3 cm³/mol. The average molecular weight is 306 g/mol. The van der Waals surface area contributed by atoms with Gasteiger partial charge < -0.3 is 10.2 Å². The van der Waals surface area contributed by atoms with E-state index in [-0.39, 0.29) is 11.5 Å². The van der Waals surface area contributed by atoms with Crippen molar-refractivity contribution in [3.05, 3.63) is 65.7 Å². The van der Waals surface area contributed by atoms with Gasteiger partial charge in [0.1, 0.15) is 11.5 Å². The van der Waals surface area contributed by atoms with Crippen LogP contribution < -0.4 is 0 Å². The molecular formula is C18H14N2O3. The maximum Gasteiger partial charge on any atom is 0.295 e. The summed E-state index contributed by atoms with van der Waals surface area (Å²) >= 11 is 0. The molecule has 5 nitrogen and oxygen atoms in total. The van der Waals surface area contributed by atoms with Crippen LogP contribution in [0.5, 0.6) is 11.5 Å². The Morgan fingerprint density at radius 3 is 2.48 bits per heavy atom. The minimum absolute atomic E-state index is 0.0288. The standard InChI is InChI=1S/C18H14N2O3/c1-11-10-14(16-13(17(11)22)8-5-9-15(16)21)19-20-18(23)12-6-3-2-4-7-12/h2-10,21-22H,1H3. The van der Waals surface area contributed by atoms with Crippen molar-refractivity contribution < 1.29 is 15.0 Å². The quantitative estimate of drug-likeness (QED) is 0.685. The first-order chi connectivity index (χ1) is 11.1. The molecule has 3 rings (SSSR count). The SMILES string of the molecule is Cc1cc(N=NC(=O)c2ccccc2)c2c(O)cccc2c1O. The maximum atomic E-state index is 12.0. The topological polar surface area (TPSA) is 82.2 Å². The van der Waals surface area contributed by atoms with Gasteiger partial charge in [0.15, 0.2) is 0 Å². The second-order valence-electron chi connectivity index (χ2n) is 5.13. The van der Waals surface area contributed by atoms with Gasteiger partial charge in [-0.2, -0.15) is 0 Å². The normalized spacial score (nSPS) is 11.2. The fourth-order valence-corrected chi connectivity index (χ4v) is 2.38. The lowest BCUT2D eigenvalue weighted by atomic mass is 10.0. The fourth-order valence-electron chi connectivity index (χ4n) is 2.38. The highest BCUT2D eigenvalue weighted by molar-refractivity contribution is 6.02. The molecule has 0 heterocycles. The summed E-state index contributed by atoms with van der Waals surface area (Å²) in [5.74, 6) is -0.428. The number of carbonyl (C=O) groups excluding carboxylic acids is 1. The van der Waals surface area contributed by atoms with Crippen LogP contribution in [-0.2, 0) is 0 Å². The summed E-state index contributed by atoms with van der Waals surface area (Å²) in [6, 6.07) is 15.0. The lowest BCUT2D eigenvalue weighted by Crippen LogP contribution is -1.92. The molecule has 3 aromatic carbocycles. The zero-order chi connectivity index (χ0) is 16.4. The number of phenolic OH excluding ortho intramolecular Hbond substituents is 2. The Morgan fingerprint density at radius 2 is 1.74 bits per heavy atom. The van der Waals surface area contributed by atoms with E-state index in [9.17, 15) is 15.0 Å². The van der Waals surface area contributed by atoms with E-state index in [1.807, 2.05) is 6.07 Å². The van der Waals surface area contributed by atoms with E-state index >= 15 is 0 Å². The Hall–Kier alpha value is -3.21. The number of azo groups is 1. The second-order valence-corrected chi connectivity index (χ2v) is 5.13. The van der Waals surface area contributed by atoms with E-state index in [1.165, 1.54) is 6.07 Å². The van der Waals surface area contributed by atoms with Crippen LogP contribution in [0.1, 0.15) is 15.9 Å². The molecule has 0 bridgehead atoms. The molecule has 2 N–H and O–H groups in total. The monoisotopic (exact) mass is 306 g/mol. The molecule has 0 aliphatic heterocycles. The minimum atomic E-state index is -0.472. The van der Waals surface area contributed by atoms with Crippen molar-refractivity contribution in [1.29, 1.82) is 0 Å². The first kappa shape index (κ1) is 14.7. The maximum absolute atomic E-state index is 12.0. The molecule has 0 aliphatic rings. The van der Waals surface area contributed by atoms with Gasteiger partial charge in [-0.1, -0.05) is 30.3 Å². The Balaban J connectivity index is 2.09. The molecule has 5 heteroatoms. The first-order valence-corrected chi connectivity index (χ1v) is 7.03. The molecule has 0 fully saturated rings. The van der Waals surface area contributed by atoms with Crippen molar-refractivity contribution in [2.45, 2.75) is 6.92 Å². The summed E-state index contributed by atoms with van der Waals surface area (Å²) in [4.78, 5) is 12.0. The number of fused-ring (bicyclic) bond motifs is 1. The third kappa shape index (κ3) is 2.76. The van der Waals surface area contributed by atoms with Gasteiger partial charge >= 0.3 is 0 Å². The van der Waals surface area contributed by atoms with Crippen LogP contribution in [0, 0.1) is 6.92 Å². The lowest BCUT2D eigenvalue weighted by molar-refractivity contribution is 0.0995. The Kier molecular flexibility index (Phi) is 3.76. The van der Waals surface area contributed by atoms with Crippen molar-refractivity contribution >= 4 is 22.4 Å². The van der Waals surface area contributed by atoms with Crippen LogP contribution in [-0.4, -0.2) is 16.1 Å². The zero-order valence-corrected chi connectivity index (χ0v) is 12.4. The number of aryl methyl sites for hydroxylation is 1. The second kappa shape index (κ2) is 5.88. The number of amides is 1. The molecule has 23 heavy (non-hydrogen) atoms. The summed E-state index contributed by atoms with van der Waals surface area (Å²) in [6.45, 7) is 1.72. The van der Waals surface area contributed by atoms with E-state index in [0.29, 0.717) is 27.6 Å². The van der Waals surface area contributed by atoms with Gasteiger partial charge in [0.25, 0.3) is 5.91 Å². The van der Waals surface area contributed by atoms with Crippen LogP contribution >= 0.6 is 0 Å². The van der Waals surface area contributed by atoms with E-state index in [1.54, 1.807) is 49.4 Å². The number of phenols is 2. The Bertz CT molecular complexity index is 918. The molecule has 0 aliphatic carbocycles. The molecule has 3 aromatic rings. The summed E-state index contributed by atoms with van der Waals surface area (Å²) in [5, 5.41) is 28.7. The highest BCUT2D eigenvalue weighted by Gasteiger charge is 2.12. The summed E-state index contributed by atoms with van der Waals surface area (Å²) in [7, 11) is 0. The first-order valence-electron chi connectivity index (χ1n) is 7.03. The number of carbonyl (C=O) groups is 1. The van der Waals surface area contributed by atoms with Crippen molar-refractivity contribution in [1.82, 2.24) is 0 Å². The van der Waals surface area contributed by atoms with Crippen LogP contribution in [0.4, 0.5) is 5.69 Å². The summed E-state index contributed by atoms with van der Waals surface area (Å²) in [6.07, 6.45) is 0. The molecule has 0 atom stereocenters. The number of rotatable bonds is 2. The predicted octanol–water partition coefficient (Wildman–Crippen LogP) is 4.48. The van der Waals surface area contributed by atoms with Crippen molar-refractivity contribution in [3.63, 3.8) is 0 Å². The van der Waals surface area contributed by atoms with Gasteiger partial charge in [-0.3, -0.25) is 4.79 Å². The van der Waals surface area contributed by atoms with Gasteiger partial charge in [-0.05, 0) is 36.8 Å².